The number of carboxylic acid groups (broad SMARTS) is 2. The van der Waals surface area contributed by atoms with Gasteiger partial charge in [-0.3, -0.25) is 4.79 Å². The highest BCUT2D eigenvalue weighted by Crippen LogP contribution is 2.27. The highest BCUT2D eigenvalue weighted by Gasteiger charge is 2.48. The second-order valence-corrected chi connectivity index (χ2v) is 8.08. The number of nitrogens with zero attached hydrogens (tertiary/aromatic N) is 2. The summed E-state index contributed by atoms with van der Waals surface area (Å²) in [6.45, 7) is -0.867. The van der Waals surface area contributed by atoms with Gasteiger partial charge in [0.2, 0.25) is 5.79 Å². The number of carbonyl (C=O) groups is 2. The first kappa shape index (κ1) is 27.0. The third kappa shape index (κ3) is 5.62. The zero-order chi connectivity index (χ0) is 26.6. The number of ether oxygens (including phenoxy) is 1. The number of fused-ring (bicyclic) bond motifs is 1. The van der Waals surface area contributed by atoms with Crippen molar-refractivity contribution in [1.29, 1.82) is 0 Å². The van der Waals surface area contributed by atoms with Gasteiger partial charge in [-0.1, -0.05) is 35.9 Å². The van der Waals surface area contributed by atoms with E-state index in [-0.39, 0.29) is 5.82 Å². The zero-order valence-corrected chi connectivity index (χ0v) is 19.1. The lowest BCUT2D eigenvalue weighted by Crippen LogP contribution is -2.64. The molecule has 4 unspecified atom stereocenters. The van der Waals surface area contributed by atoms with Crippen LogP contribution in [0.3, 0.4) is 0 Å². The van der Waals surface area contributed by atoms with Gasteiger partial charge in [0.05, 0.1) is 29.1 Å². The third-order valence-corrected chi connectivity index (χ3v) is 5.58. The summed E-state index contributed by atoms with van der Waals surface area (Å²) < 4.78 is 6.26. The number of nitrogens with one attached hydrogen (secondary N) is 1. The Labute approximate surface area is 207 Å². The number of aromatic nitrogens is 2. The Bertz CT molecular complexity index is 1320. The summed E-state index contributed by atoms with van der Waals surface area (Å²) in [7, 11) is 0. The van der Waals surface area contributed by atoms with Gasteiger partial charge in [0.1, 0.15) is 18.3 Å². The molecule has 0 saturated carbocycles. The average molecular weight is 524 g/mol. The summed E-state index contributed by atoms with van der Waals surface area (Å²) in [6, 6.07) is 13.6. The van der Waals surface area contributed by atoms with E-state index in [4.69, 9.17) is 36.1 Å². The fourth-order valence-electron chi connectivity index (χ4n) is 3.34. The van der Waals surface area contributed by atoms with E-state index < -0.39 is 54.7 Å². The molecule has 0 amide bonds. The van der Waals surface area contributed by atoms with Gasteiger partial charge in [-0.25, -0.2) is 19.2 Å². The number of aliphatic carboxylic acids is 2. The van der Waals surface area contributed by atoms with Crippen LogP contribution >= 0.6 is 11.6 Å². The Balaban J connectivity index is 0.000000538. The Morgan fingerprint density at radius 1 is 1.08 bits per heavy atom. The summed E-state index contributed by atoms with van der Waals surface area (Å²) in [5, 5.41) is 55.8. The van der Waals surface area contributed by atoms with Crippen molar-refractivity contribution in [3.8, 4) is 11.4 Å². The SMILES string of the molecule is O=C(O)C(=O)O.O=c1c2ccccc2nc(-c2ccccc2Cl)n1NCC1(O)OCC(O)C(O)C1O. The van der Waals surface area contributed by atoms with E-state index in [1.54, 1.807) is 48.5 Å². The molecule has 2 aromatic carbocycles. The number of aliphatic hydroxyl groups excluding tert-OH is 3. The topological polar surface area (TPSA) is 212 Å². The number of benzene rings is 2. The maximum atomic E-state index is 13.2. The lowest BCUT2D eigenvalue weighted by molar-refractivity contribution is -0.314. The van der Waals surface area contributed by atoms with Gasteiger partial charge >= 0.3 is 11.9 Å². The Kier molecular flexibility index (Phi) is 8.24. The summed E-state index contributed by atoms with van der Waals surface area (Å²) >= 11 is 6.31. The molecule has 1 saturated heterocycles. The third-order valence-electron chi connectivity index (χ3n) is 5.25. The second kappa shape index (κ2) is 11.0. The van der Waals surface area contributed by atoms with Crippen LogP contribution in [0.1, 0.15) is 0 Å². The van der Waals surface area contributed by atoms with Gasteiger partial charge < -0.3 is 40.8 Å². The fourth-order valence-corrected chi connectivity index (χ4v) is 3.56. The van der Waals surface area contributed by atoms with Crippen LogP contribution in [0.25, 0.3) is 22.3 Å². The van der Waals surface area contributed by atoms with Crippen molar-refractivity contribution in [2.45, 2.75) is 24.1 Å². The second-order valence-electron chi connectivity index (χ2n) is 7.68. The largest absolute Gasteiger partial charge is 0.473 e. The van der Waals surface area contributed by atoms with Crippen molar-refractivity contribution < 1.29 is 45.0 Å². The quantitative estimate of drug-likeness (QED) is 0.210. The first-order valence-electron chi connectivity index (χ1n) is 10.3. The van der Waals surface area contributed by atoms with Crippen molar-refractivity contribution in [3.05, 3.63) is 63.9 Å². The van der Waals surface area contributed by atoms with Gasteiger partial charge in [-0.2, -0.15) is 0 Å². The van der Waals surface area contributed by atoms with E-state index in [0.29, 0.717) is 21.5 Å². The van der Waals surface area contributed by atoms with Crippen LogP contribution in [0.4, 0.5) is 0 Å². The van der Waals surface area contributed by atoms with E-state index in [1.807, 2.05) is 0 Å². The summed E-state index contributed by atoms with van der Waals surface area (Å²) in [6.07, 6.45) is -4.76. The lowest BCUT2D eigenvalue weighted by atomic mass is 9.97. The van der Waals surface area contributed by atoms with Crippen molar-refractivity contribution in [2.24, 2.45) is 0 Å². The molecule has 7 N–H and O–H groups in total. The van der Waals surface area contributed by atoms with Crippen LogP contribution in [0, 0.1) is 0 Å². The predicted molar refractivity (Wildman–Crippen MR) is 125 cm³/mol. The number of hydrogen-bond acceptors (Lipinski definition) is 10. The molecule has 1 aliphatic heterocycles. The van der Waals surface area contributed by atoms with Crippen LogP contribution < -0.4 is 11.0 Å². The van der Waals surface area contributed by atoms with Crippen LogP contribution in [-0.4, -0.2) is 89.5 Å². The van der Waals surface area contributed by atoms with E-state index in [2.05, 4.69) is 10.4 Å². The first-order chi connectivity index (χ1) is 17.0. The number of hydrogen-bond donors (Lipinski definition) is 7. The van der Waals surface area contributed by atoms with Crippen molar-refractivity contribution in [3.63, 3.8) is 0 Å². The maximum absolute atomic E-state index is 13.2. The molecule has 1 aromatic heterocycles. The number of halogens is 1. The summed E-state index contributed by atoms with van der Waals surface area (Å²) in [5.74, 6) is -5.70. The van der Waals surface area contributed by atoms with Crippen molar-refractivity contribution >= 4 is 34.4 Å². The minimum atomic E-state index is -2.25. The maximum Gasteiger partial charge on any atom is 0.414 e. The van der Waals surface area contributed by atoms with E-state index in [0.717, 1.165) is 4.68 Å². The monoisotopic (exact) mass is 523 g/mol. The average Bonchev–Trinajstić information content (AvgIpc) is 2.85. The summed E-state index contributed by atoms with van der Waals surface area (Å²) in [4.78, 5) is 35.9. The highest BCUT2D eigenvalue weighted by atomic mass is 35.5. The molecule has 13 nitrogen and oxygen atoms in total. The van der Waals surface area contributed by atoms with Gasteiger partial charge in [0.25, 0.3) is 5.56 Å². The Morgan fingerprint density at radius 2 is 1.69 bits per heavy atom. The molecule has 1 fully saturated rings. The van der Waals surface area contributed by atoms with Crippen LogP contribution in [-0.2, 0) is 14.3 Å². The van der Waals surface area contributed by atoms with E-state index in [9.17, 15) is 25.2 Å². The van der Waals surface area contributed by atoms with Crippen LogP contribution in [0.2, 0.25) is 5.02 Å². The van der Waals surface area contributed by atoms with E-state index in [1.165, 1.54) is 0 Å². The highest BCUT2D eigenvalue weighted by molar-refractivity contribution is 6.33. The number of aliphatic hydroxyl groups is 4. The molecule has 192 valence electrons. The molecule has 14 heteroatoms. The van der Waals surface area contributed by atoms with Crippen molar-refractivity contribution in [2.75, 3.05) is 18.6 Å². The Hall–Kier alpha value is -3.59. The smallest absolute Gasteiger partial charge is 0.414 e. The Morgan fingerprint density at radius 3 is 2.33 bits per heavy atom. The van der Waals surface area contributed by atoms with E-state index >= 15 is 0 Å². The van der Waals surface area contributed by atoms with Gasteiger partial charge in [-0.15, -0.1) is 0 Å². The first-order valence-corrected chi connectivity index (χ1v) is 10.7. The minimum Gasteiger partial charge on any atom is -0.473 e. The normalized spacial score (nSPS) is 23.4. The molecular formula is C22H22ClN3O10. The number of carboxylic acids is 2. The lowest BCUT2D eigenvalue weighted by Gasteiger charge is -2.41. The molecule has 4 atom stereocenters. The molecule has 1 aliphatic rings. The predicted octanol–water partition coefficient (Wildman–Crippen LogP) is -0.782. The molecule has 4 rings (SSSR count). The van der Waals surface area contributed by atoms with Crippen molar-refractivity contribution in [1.82, 2.24) is 9.66 Å². The number of para-hydroxylation sites is 1. The molecule has 0 bridgehead atoms. The molecule has 36 heavy (non-hydrogen) atoms. The van der Waals surface area contributed by atoms with Gasteiger partial charge in [0, 0.05) is 5.56 Å². The number of rotatable bonds is 4. The zero-order valence-electron chi connectivity index (χ0n) is 18.4. The molecule has 3 aromatic rings. The fraction of sp³-hybridized carbons (Fsp3) is 0.273. The van der Waals surface area contributed by atoms with Gasteiger partial charge in [-0.05, 0) is 24.3 Å². The van der Waals surface area contributed by atoms with Crippen LogP contribution in [0.15, 0.2) is 53.3 Å². The summed E-state index contributed by atoms with van der Waals surface area (Å²) in [5.41, 5.74) is 3.21. The standard InChI is InChI=1S/C20H20ClN3O6.C2H2O4/c21-13-7-3-1-5-11(13)18-23-14-8-4-2-6-12(14)19(28)24(18)22-10-20(29)17(27)16(26)15(25)9-30-20;3-1(4)2(5)6/h1-8,15-17,22,25-27,29H,9-10H2;(H,3,4)(H,5,6). The van der Waals surface area contributed by atoms with Crippen LogP contribution in [0.5, 0.6) is 0 Å². The molecule has 0 radical (unpaired) electrons. The molecule has 0 aliphatic carbocycles. The minimum absolute atomic E-state index is 0.193. The molecular weight excluding hydrogens is 502 g/mol. The molecule has 2 heterocycles. The molecule has 0 spiro atoms. The van der Waals surface area contributed by atoms with Gasteiger partial charge in [0.15, 0.2) is 5.82 Å².